The Kier molecular flexibility index (Phi) is 1.63. The minimum atomic E-state index is 0.657. The van der Waals surface area contributed by atoms with E-state index in [1.165, 1.54) is 0 Å². The minimum absolute atomic E-state index is 0.657. The maximum Gasteiger partial charge on any atom is 0.152 e. The second-order valence-corrected chi connectivity index (χ2v) is 2.61. The van der Waals surface area contributed by atoms with Gasteiger partial charge in [0, 0.05) is 5.56 Å². The van der Waals surface area contributed by atoms with Gasteiger partial charge in [-0.15, -0.1) is 0 Å². The predicted molar refractivity (Wildman–Crippen MR) is 47.6 cm³/mol. The third kappa shape index (κ3) is 0.993. The molecule has 0 bridgehead atoms. The van der Waals surface area contributed by atoms with Gasteiger partial charge in [0.1, 0.15) is 0 Å². The Morgan fingerprint density at radius 1 is 1.50 bits per heavy atom. The van der Waals surface area contributed by atoms with E-state index < -0.39 is 0 Å². The van der Waals surface area contributed by atoms with Crippen molar-refractivity contribution in [1.82, 2.24) is 0 Å². The Balaban J connectivity index is 2.55. The minimum Gasteiger partial charge on any atom is -0.346 e. The molecular formula is C9H8N2O. The van der Waals surface area contributed by atoms with Crippen LogP contribution in [0.25, 0.3) is 0 Å². The Hall–Kier alpha value is -1.64. The Labute approximate surface area is 70.1 Å². The van der Waals surface area contributed by atoms with Gasteiger partial charge < -0.3 is 5.32 Å². The van der Waals surface area contributed by atoms with Gasteiger partial charge in [-0.2, -0.15) is 0 Å². The van der Waals surface area contributed by atoms with Crippen molar-refractivity contribution in [1.29, 1.82) is 0 Å². The van der Waals surface area contributed by atoms with Gasteiger partial charge in [-0.25, -0.2) is 0 Å². The number of benzene rings is 1. The molecule has 3 nitrogen and oxygen atoms in total. The van der Waals surface area contributed by atoms with E-state index in [1.807, 2.05) is 12.1 Å². The van der Waals surface area contributed by atoms with Crippen LogP contribution in [0.4, 0.5) is 5.69 Å². The number of carbonyl (C=O) groups excluding carboxylic acids is 1. The van der Waals surface area contributed by atoms with Crippen LogP contribution in [0.5, 0.6) is 0 Å². The first kappa shape index (κ1) is 7.03. The molecule has 1 aliphatic heterocycles. The highest BCUT2D eigenvalue weighted by atomic mass is 16.1. The van der Waals surface area contributed by atoms with Crippen LogP contribution in [0.15, 0.2) is 23.2 Å². The second kappa shape index (κ2) is 2.77. The molecule has 1 aliphatic rings. The van der Waals surface area contributed by atoms with Crippen LogP contribution in [0.2, 0.25) is 0 Å². The summed E-state index contributed by atoms with van der Waals surface area (Å²) in [7, 11) is 0. The van der Waals surface area contributed by atoms with Crippen LogP contribution >= 0.6 is 0 Å². The summed E-state index contributed by atoms with van der Waals surface area (Å²) in [4.78, 5) is 14.6. The van der Waals surface area contributed by atoms with Crippen molar-refractivity contribution in [2.24, 2.45) is 4.99 Å². The summed E-state index contributed by atoms with van der Waals surface area (Å²) < 4.78 is 0. The van der Waals surface area contributed by atoms with Gasteiger partial charge in [-0.1, -0.05) is 12.1 Å². The molecule has 1 N–H and O–H groups in total. The fourth-order valence-electron chi connectivity index (χ4n) is 1.28. The third-order valence-electron chi connectivity index (χ3n) is 1.87. The number of fused-ring (bicyclic) bond motifs is 1. The normalized spacial score (nSPS) is 13.3. The lowest BCUT2D eigenvalue weighted by Crippen LogP contribution is -2.07. The maximum absolute atomic E-state index is 10.6. The van der Waals surface area contributed by atoms with Gasteiger partial charge in [0.05, 0.1) is 18.6 Å². The number of hydrogen-bond acceptors (Lipinski definition) is 3. The summed E-state index contributed by atoms with van der Waals surface area (Å²) in [6.45, 7) is 0.657. The van der Waals surface area contributed by atoms with Gasteiger partial charge in [0.25, 0.3) is 0 Å². The van der Waals surface area contributed by atoms with Crippen LogP contribution in [-0.2, 0) is 6.54 Å². The standard InChI is InChI=1S/C9H8N2O/c12-5-8-3-1-2-7-4-10-6-11-9(7)8/h1-3,5-6H,4H2,(H,10,11). The average Bonchev–Trinajstić information content (AvgIpc) is 2.17. The number of hydrogen-bond donors (Lipinski definition) is 1. The first-order valence-electron chi connectivity index (χ1n) is 3.74. The summed E-state index contributed by atoms with van der Waals surface area (Å²) in [5.41, 5.74) is 2.66. The first-order valence-corrected chi connectivity index (χ1v) is 3.74. The van der Waals surface area contributed by atoms with Crippen molar-refractivity contribution >= 4 is 18.3 Å². The molecule has 0 atom stereocenters. The highest BCUT2D eigenvalue weighted by Gasteiger charge is 2.08. The number of anilines is 1. The molecule has 1 heterocycles. The van der Waals surface area contributed by atoms with Crippen LogP contribution in [0, 0.1) is 0 Å². The van der Waals surface area contributed by atoms with Crippen LogP contribution in [0.3, 0.4) is 0 Å². The largest absolute Gasteiger partial charge is 0.346 e. The number of carbonyl (C=O) groups is 1. The Morgan fingerprint density at radius 2 is 2.42 bits per heavy atom. The van der Waals surface area contributed by atoms with E-state index >= 15 is 0 Å². The molecule has 0 saturated carbocycles. The molecule has 60 valence electrons. The van der Waals surface area contributed by atoms with Gasteiger partial charge in [0.15, 0.2) is 6.29 Å². The number of nitrogens with zero attached hydrogens (tertiary/aromatic N) is 1. The molecule has 0 spiro atoms. The third-order valence-corrected chi connectivity index (χ3v) is 1.87. The fraction of sp³-hybridized carbons (Fsp3) is 0.111. The van der Waals surface area contributed by atoms with Crippen LogP contribution in [-0.4, -0.2) is 12.6 Å². The maximum atomic E-state index is 10.6. The number of aldehydes is 1. The van der Waals surface area contributed by atoms with Gasteiger partial charge in [0.2, 0.25) is 0 Å². The lowest BCUT2D eigenvalue weighted by atomic mass is 10.1. The monoisotopic (exact) mass is 160 g/mol. The van der Waals surface area contributed by atoms with Crippen molar-refractivity contribution < 1.29 is 4.79 Å². The van der Waals surface area contributed by atoms with Gasteiger partial charge >= 0.3 is 0 Å². The molecule has 1 aromatic carbocycles. The molecule has 0 aliphatic carbocycles. The number of aliphatic imine (C=N–C) groups is 1. The van der Waals surface area contributed by atoms with Crippen molar-refractivity contribution in [3.8, 4) is 0 Å². The second-order valence-electron chi connectivity index (χ2n) is 2.61. The topological polar surface area (TPSA) is 41.5 Å². The SMILES string of the molecule is O=Cc1cccc2c1NC=NC2. The molecule has 3 heteroatoms. The highest BCUT2D eigenvalue weighted by Crippen LogP contribution is 2.21. The molecule has 2 rings (SSSR count). The van der Waals surface area contributed by atoms with E-state index in [0.29, 0.717) is 12.1 Å². The summed E-state index contributed by atoms with van der Waals surface area (Å²) >= 11 is 0. The van der Waals surface area contributed by atoms with E-state index in [2.05, 4.69) is 10.3 Å². The van der Waals surface area contributed by atoms with E-state index in [9.17, 15) is 4.79 Å². The molecular weight excluding hydrogens is 152 g/mol. The summed E-state index contributed by atoms with van der Waals surface area (Å²) in [5, 5.41) is 2.96. The van der Waals surface area contributed by atoms with Crippen molar-refractivity contribution in [2.45, 2.75) is 6.54 Å². The van der Waals surface area contributed by atoms with E-state index in [4.69, 9.17) is 0 Å². The van der Waals surface area contributed by atoms with Crippen molar-refractivity contribution in [3.05, 3.63) is 29.3 Å². The smallest absolute Gasteiger partial charge is 0.152 e. The van der Waals surface area contributed by atoms with Crippen molar-refractivity contribution in [2.75, 3.05) is 5.32 Å². The Morgan fingerprint density at radius 3 is 3.25 bits per heavy atom. The summed E-state index contributed by atoms with van der Waals surface area (Å²) in [5.74, 6) is 0. The molecule has 0 saturated heterocycles. The first-order chi connectivity index (χ1) is 5.92. The predicted octanol–water partition coefficient (Wildman–Crippen LogP) is 1.45. The number of nitrogens with one attached hydrogen (secondary N) is 1. The number of rotatable bonds is 1. The van der Waals surface area contributed by atoms with Gasteiger partial charge in [-0.05, 0) is 11.6 Å². The molecule has 1 aromatic rings. The average molecular weight is 160 g/mol. The molecule has 0 unspecified atom stereocenters. The van der Waals surface area contributed by atoms with E-state index in [-0.39, 0.29) is 0 Å². The lowest BCUT2D eigenvalue weighted by molar-refractivity contribution is 0.112. The van der Waals surface area contributed by atoms with Crippen molar-refractivity contribution in [3.63, 3.8) is 0 Å². The highest BCUT2D eigenvalue weighted by molar-refractivity contribution is 5.92. The lowest BCUT2D eigenvalue weighted by Gasteiger charge is -2.13. The molecule has 12 heavy (non-hydrogen) atoms. The Bertz CT molecular complexity index is 344. The van der Waals surface area contributed by atoms with Gasteiger partial charge in [-0.3, -0.25) is 9.79 Å². The molecule has 0 radical (unpaired) electrons. The number of para-hydroxylation sites is 1. The van der Waals surface area contributed by atoms with Crippen LogP contribution in [0.1, 0.15) is 15.9 Å². The zero-order valence-electron chi connectivity index (χ0n) is 6.45. The molecule has 0 amide bonds. The van der Waals surface area contributed by atoms with E-state index in [0.717, 1.165) is 17.5 Å². The summed E-state index contributed by atoms with van der Waals surface area (Å²) in [6, 6.07) is 5.62. The summed E-state index contributed by atoms with van der Waals surface area (Å²) in [6.07, 6.45) is 2.47. The van der Waals surface area contributed by atoms with Crippen LogP contribution < -0.4 is 5.32 Å². The zero-order valence-corrected chi connectivity index (χ0v) is 6.45. The quantitative estimate of drug-likeness (QED) is 0.632. The zero-order chi connectivity index (χ0) is 8.39. The molecule has 0 fully saturated rings. The van der Waals surface area contributed by atoms with E-state index in [1.54, 1.807) is 12.4 Å². The fourth-order valence-corrected chi connectivity index (χ4v) is 1.28. The molecule has 0 aromatic heterocycles.